The average Bonchev–Trinajstić information content (AvgIpc) is 2.18. The van der Waals surface area contributed by atoms with Gasteiger partial charge in [0.15, 0.2) is 0 Å². The Kier molecular flexibility index (Phi) is 4.43. The number of hydrogen-bond acceptors (Lipinski definition) is 3. The number of carbonyl (C=O) groups is 1. The Bertz CT molecular complexity index is 350. The van der Waals surface area contributed by atoms with Gasteiger partial charge in [0, 0.05) is 6.07 Å². The molecule has 3 nitrogen and oxygen atoms in total. The fraction of sp³-hybridized carbons (Fsp3) is 0.364. The SMILES string of the molecule is CCOc1ccc(C(=O)Cl)c(OCC)c1. The highest BCUT2D eigenvalue weighted by molar-refractivity contribution is 6.68. The third-order valence-electron chi connectivity index (χ3n) is 1.78. The van der Waals surface area contributed by atoms with E-state index in [1.54, 1.807) is 18.2 Å². The van der Waals surface area contributed by atoms with E-state index >= 15 is 0 Å². The van der Waals surface area contributed by atoms with Crippen molar-refractivity contribution >= 4 is 16.8 Å². The Balaban J connectivity index is 3.03. The Labute approximate surface area is 93.9 Å². The summed E-state index contributed by atoms with van der Waals surface area (Å²) in [6.45, 7) is 4.78. The van der Waals surface area contributed by atoms with Crippen LogP contribution >= 0.6 is 11.6 Å². The van der Waals surface area contributed by atoms with Crippen molar-refractivity contribution in [3.8, 4) is 11.5 Å². The van der Waals surface area contributed by atoms with Gasteiger partial charge in [-0.15, -0.1) is 0 Å². The van der Waals surface area contributed by atoms with Crippen LogP contribution in [0.5, 0.6) is 11.5 Å². The van der Waals surface area contributed by atoms with Gasteiger partial charge in [0.1, 0.15) is 11.5 Å². The molecule has 4 heteroatoms. The first-order chi connectivity index (χ1) is 7.19. The number of carbonyl (C=O) groups excluding carboxylic acids is 1. The molecule has 0 bridgehead atoms. The van der Waals surface area contributed by atoms with Crippen LogP contribution in [0.2, 0.25) is 0 Å². The summed E-state index contributed by atoms with van der Waals surface area (Å²) in [5, 5.41) is -0.526. The van der Waals surface area contributed by atoms with E-state index in [9.17, 15) is 4.79 Å². The second kappa shape index (κ2) is 5.61. The van der Waals surface area contributed by atoms with Crippen LogP contribution < -0.4 is 9.47 Å². The molecule has 0 aliphatic rings. The zero-order valence-corrected chi connectivity index (χ0v) is 9.50. The van der Waals surface area contributed by atoms with E-state index in [4.69, 9.17) is 21.1 Å². The highest BCUT2D eigenvalue weighted by Crippen LogP contribution is 2.26. The number of ether oxygens (including phenoxy) is 2. The van der Waals surface area contributed by atoms with Crippen molar-refractivity contribution in [2.24, 2.45) is 0 Å². The molecule has 0 saturated heterocycles. The molecule has 0 fully saturated rings. The van der Waals surface area contributed by atoms with Crippen LogP contribution in [0, 0.1) is 0 Å². The van der Waals surface area contributed by atoms with Crippen molar-refractivity contribution in [2.45, 2.75) is 13.8 Å². The number of benzene rings is 1. The summed E-state index contributed by atoms with van der Waals surface area (Å²) in [6, 6.07) is 4.97. The van der Waals surface area contributed by atoms with Gasteiger partial charge in [0.05, 0.1) is 18.8 Å². The minimum atomic E-state index is -0.526. The van der Waals surface area contributed by atoms with Gasteiger partial charge in [-0.05, 0) is 37.6 Å². The van der Waals surface area contributed by atoms with E-state index in [1.165, 1.54) is 0 Å². The Hall–Kier alpha value is -1.22. The summed E-state index contributed by atoms with van der Waals surface area (Å²) in [4.78, 5) is 11.1. The fourth-order valence-electron chi connectivity index (χ4n) is 1.20. The molecule has 1 rings (SSSR count). The van der Waals surface area contributed by atoms with Crippen molar-refractivity contribution in [2.75, 3.05) is 13.2 Å². The molecule has 0 amide bonds. The lowest BCUT2D eigenvalue weighted by atomic mass is 10.2. The van der Waals surface area contributed by atoms with Crippen LogP contribution in [-0.2, 0) is 0 Å². The van der Waals surface area contributed by atoms with Crippen molar-refractivity contribution in [3.05, 3.63) is 23.8 Å². The summed E-state index contributed by atoms with van der Waals surface area (Å²) in [5.41, 5.74) is 0.363. The molecule has 1 aromatic carbocycles. The van der Waals surface area contributed by atoms with Gasteiger partial charge in [-0.2, -0.15) is 0 Å². The Morgan fingerprint density at radius 2 is 1.93 bits per heavy atom. The van der Waals surface area contributed by atoms with Gasteiger partial charge >= 0.3 is 0 Å². The lowest BCUT2D eigenvalue weighted by molar-refractivity contribution is 0.107. The molecule has 0 unspecified atom stereocenters. The van der Waals surface area contributed by atoms with E-state index in [2.05, 4.69) is 0 Å². The maximum atomic E-state index is 11.1. The average molecular weight is 229 g/mol. The summed E-state index contributed by atoms with van der Waals surface area (Å²) < 4.78 is 10.6. The number of rotatable bonds is 5. The first-order valence-electron chi connectivity index (χ1n) is 4.78. The normalized spacial score (nSPS) is 9.80. The molecule has 0 N–H and O–H groups in total. The maximum Gasteiger partial charge on any atom is 0.256 e. The monoisotopic (exact) mass is 228 g/mol. The Morgan fingerprint density at radius 1 is 1.27 bits per heavy atom. The third kappa shape index (κ3) is 3.13. The van der Waals surface area contributed by atoms with Gasteiger partial charge in [0.2, 0.25) is 0 Å². The smallest absolute Gasteiger partial charge is 0.256 e. The highest BCUT2D eigenvalue weighted by Gasteiger charge is 2.11. The van der Waals surface area contributed by atoms with Crippen LogP contribution in [-0.4, -0.2) is 18.5 Å². The zero-order chi connectivity index (χ0) is 11.3. The number of hydrogen-bond donors (Lipinski definition) is 0. The largest absolute Gasteiger partial charge is 0.494 e. The molecule has 82 valence electrons. The summed E-state index contributed by atoms with van der Waals surface area (Å²) in [6.07, 6.45) is 0. The molecule has 0 saturated carbocycles. The molecular formula is C11H13ClO3. The van der Waals surface area contributed by atoms with E-state index in [-0.39, 0.29) is 0 Å². The second-order valence-corrected chi connectivity index (χ2v) is 3.14. The van der Waals surface area contributed by atoms with Gasteiger partial charge < -0.3 is 9.47 Å². The van der Waals surface area contributed by atoms with Crippen molar-refractivity contribution in [1.82, 2.24) is 0 Å². The first-order valence-corrected chi connectivity index (χ1v) is 5.16. The van der Waals surface area contributed by atoms with Crippen molar-refractivity contribution in [3.63, 3.8) is 0 Å². The molecule has 0 heterocycles. The minimum absolute atomic E-state index is 0.363. The van der Waals surface area contributed by atoms with Crippen molar-refractivity contribution in [1.29, 1.82) is 0 Å². The molecule has 0 spiro atoms. The third-order valence-corrected chi connectivity index (χ3v) is 1.98. The van der Waals surface area contributed by atoms with Crippen LogP contribution in [0.1, 0.15) is 24.2 Å². The molecule has 0 radical (unpaired) electrons. The van der Waals surface area contributed by atoms with E-state index in [0.717, 1.165) is 0 Å². The first kappa shape index (κ1) is 11.9. The van der Waals surface area contributed by atoms with Crippen molar-refractivity contribution < 1.29 is 14.3 Å². The Morgan fingerprint density at radius 3 is 2.47 bits per heavy atom. The lowest BCUT2D eigenvalue weighted by Crippen LogP contribution is -2.00. The summed E-state index contributed by atoms with van der Waals surface area (Å²) in [5.74, 6) is 1.13. The number of halogens is 1. The molecule has 15 heavy (non-hydrogen) atoms. The molecule has 0 aromatic heterocycles. The lowest BCUT2D eigenvalue weighted by Gasteiger charge is -2.09. The molecule has 0 aliphatic carbocycles. The standard InChI is InChI=1S/C11H13ClO3/c1-3-14-8-5-6-9(11(12)13)10(7-8)15-4-2/h5-7H,3-4H2,1-2H3. The van der Waals surface area contributed by atoms with Gasteiger partial charge in [0.25, 0.3) is 5.24 Å². The topological polar surface area (TPSA) is 35.5 Å². The predicted molar refractivity (Wildman–Crippen MR) is 59.0 cm³/mol. The molecular weight excluding hydrogens is 216 g/mol. The van der Waals surface area contributed by atoms with Crippen LogP contribution in [0.15, 0.2) is 18.2 Å². The van der Waals surface area contributed by atoms with Crippen LogP contribution in [0.3, 0.4) is 0 Å². The molecule has 0 atom stereocenters. The van der Waals surface area contributed by atoms with E-state index in [1.807, 2.05) is 13.8 Å². The summed E-state index contributed by atoms with van der Waals surface area (Å²) >= 11 is 5.41. The van der Waals surface area contributed by atoms with Crippen LogP contribution in [0.4, 0.5) is 0 Å². The second-order valence-electron chi connectivity index (χ2n) is 2.80. The van der Waals surface area contributed by atoms with E-state index < -0.39 is 5.24 Å². The molecule has 1 aromatic rings. The fourth-order valence-corrected chi connectivity index (χ4v) is 1.35. The van der Waals surface area contributed by atoms with Gasteiger partial charge in [-0.1, -0.05) is 0 Å². The maximum absolute atomic E-state index is 11.1. The molecule has 0 aliphatic heterocycles. The van der Waals surface area contributed by atoms with Crippen LogP contribution in [0.25, 0.3) is 0 Å². The minimum Gasteiger partial charge on any atom is -0.494 e. The highest BCUT2D eigenvalue weighted by atomic mass is 35.5. The quantitative estimate of drug-likeness (QED) is 0.727. The van der Waals surface area contributed by atoms with Gasteiger partial charge in [-0.3, -0.25) is 4.79 Å². The summed E-state index contributed by atoms with van der Waals surface area (Å²) in [7, 11) is 0. The van der Waals surface area contributed by atoms with Gasteiger partial charge in [-0.25, -0.2) is 0 Å². The zero-order valence-electron chi connectivity index (χ0n) is 8.75. The van der Waals surface area contributed by atoms with E-state index in [0.29, 0.717) is 30.3 Å². The predicted octanol–water partition coefficient (Wildman–Crippen LogP) is 2.86.